The molecule has 0 aliphatic carbocycles. The molecule has 0 atom stereocenters. The second-order valence-corrected chi connectivity index (χ2v) is 4.87. The zero-order valence-electron chi connectivity index (χ0n) is 10.2. The Balaban J connectivity index is 3.64. The Kier molecular flexibility index (Phi) is 3.38. The van der Waals surface area contributed by atoms with Gasteiger partial charge in [-0.3, -0.25) is 4.68 Å². The second-order valence-electron chi connectivity index (χ2n) is 4.87. The molecule has 1 rings (SSSR count). The van der Waals surface area contributed by atoms with E-state index in [0.29, 0.717) is 10.9 Å². The van der Waals surface area contributed by atoms with Crippen molar-refractivity contribution in [3.8, 4) is 0 Å². The molecule has 1 aromatic rings. The molecular formula is C10H11F5N2O2. The Morgan fingerprint density at radius 2 is 1.68 bits per heavy atom. The zero-order valence-corrected chi connectivity index (χ0v) is 10.2. The molecule has 0 radical (unpaired) electrons. The van der Waals surface area contributed by atoms with Crippen molar-refractivity contribution in [2.24, 2.45) is 0 Å². The molecule has 0 amide bonds. The number of hydrogen-bond acceptors (Lipinski definition) is 2. The number of hydrogen-bond donors (Lipinski definition) is 1. The molecule has 108 valence electrons. The molecule has 0 saturated carbocycles. The van der Waals surface area contributed by atoms with Gasteiger partial charge in [-0.2, -0.15) is 27.1 Å². The van der Waals surface area contributed by atoms with Crippen LogP contribution in [0.3, 0.4) is 0 Å². The van der Waals surface area contributed by atoms with Crippen LogP contribution in [0.2, 0.25) is 0 Å². The standard InChI is InChI=1S/C10H11F5N2O2/c1-8(2,3)17-6(5(4-16-17)7(18)19)9(11,12)10(13,14)15/h4H,1-3H3,(H,18,19). The molecule has 0 spiro atoms. The molecule has 9 heteroatoms. The minimum Gasteiger partial charge on any atom is -0.478 e. The minimum absolute atomic E-state index is 0.379. The van der Waals surface area contributed by atoms with Crippen LogP contribution in [0.15, 0.2) is 6.20 Å². The summed E-state index contributed by atoms with van der Waals surface area (Å²) in [6.07, 6.45) is -5.41. The molecule has 1 N–H and O–H groups in total. The van der Waals surface area contributed by atoms with Crippen molar-refractivity contribution in [2.45, 2.75) is 38.4 Å². The number of alkyl halides is 5. The van der Waals surface area contributed by atoms with E-state index >= 15 is 0 Å². The molecule has 19 heavy (non-hydrogen) atoms. The highest BCUT2D eigenvalue weighted by Gasteiger charge is 2.62. The number of carboxylic acid groups (broad SMARTS) is 1. The highest BCUT2D eigenvalue weighted by Crippen LogP contribution is 2.46. The van der Waals surface area contributed by atoms with Gasteiger partial charge in [0.15, 0.2) is 0 Å². The lowest BCUT2D eigenvalue weighted by molar-refractivity contribution is -0.292. The van der Waals surface area contributed by atoms with Crippen LogP contribution in [0.5, 0.6) is 0 Å². The fraction of sp³-hybridized carbons (Fsp3) is 0.600. The Hall–Kier alpha value is -1.67. The predicted molar refractivity (Wildman–Crippen MR) is 54.1 cm³/mol. The molecule has 1 aromatic heterocycles. The molecule has 4 nitrogen and oxygen atoms in total. The normalized spacial score (nSPS) is 13.7. The Bertz CT molecular complexity index is 499. The third-order valence-corrected chi connectivity index (χ3v) is 2.29. The molecule has 0 fully saturated rings. The summed E-state index contributed by atoms with van der Waals surface area (Å²) < 4.78 is 64.6. The van der Waals surface area contributed by atoms with Gasteiger partial charge in [-0.15, -0.1) is 0 Å². The topological polar surface area (TPSA) is 55.1 Å². The number of rotatable bonds is 2. The maximum atomic E-state index is 13.5. The molecule has 0 saturated heterocycles. The maximum absolute atomic E-state index is 13.5. The minimum atomic E-state index is -5.90. The summed E-state index contributed by atoms with van der Waals surface area (Å²) in [4.78, 5) is 10.8. The number of carbonyl (C=O) groups is 1. The van der Waals surface area contributed by atoms with Crippen molar-refractivity contribution in [1.29, 1.82) is 0 Å². The van der Waals surface area contributed by atoms with E-state index < -0.39 is 34.9 Å². The monoisotopic (exact) mass is 286 g/mol. The first-order valence-electron chi connectivity index (χ1n) is 5.07. The van der Waals surface area contributed by atoms with Crippen LogP contribution in [0.25, 0.3) is 0 Å². The van der Waals surface area contributed by atoms with Crippen LogP contribution in [-0.4, -0.2) is 27.0 Å². The molecule has 0 bridgehead atoms. The van der Waals surface area contributed by atoms with Gasteiger partial charge in [-0.05, 0) is 20.8 Å². The van der Waals surface area contributed by atoms with Gasteiger partial charge in [-0.25, -0.2) is 4.79 Å². The van der Waals surface area contributed by atoms with Crippen LogP contribution in [0, 0.1) is 0 Å². The third kappa shape index (κ3) is 2.54. The fourth-order valence-corrected chi connectivity index (χ4v) is 1.45. The summed E-state index contributed by atoms with van der Waals surface area (Å²) in [7, 11) is 0. The van der Waals surface area contributed by atoms with E-state index in [0.717, 1.165) is 0 Å². The number of halogens is 5. The average molecular weight is 286 g/mol. The van der Waals surface area contributed by atoms with Gasteiger partial charge in [0, 0.05) is 0 Å². The molecule has 1 heterocycles. The van der Waals surface area contributed by atoms with E-state index in [9.17, 15) is 26.7 Å². The van der Waals surface area contributed by atoms with Gasteiger partial charge in [0.05, 0.1) is 11.7 Å². The summed E-state index contributed by atoms with van der Waals surface area (Å²) in [5.41, 5.74) is -4.06. The lowest BCUT2D eigenvalue weighted by atomic mass is 10.1. The summed E-state index contributed by atoms with van der Waals surface area (Å²) in [5, 5.41) is 12.1. The van der Waals surface area contributed by atoms with Crippen LogP contribution in [0.4, 0.5) is 22.0 Å². The molecule has 0 aliphatic rings. The van der Waals surface area contributed by atoms with E-state index in [-0.39, 0.29) is 0 Å². The van der Waals surface area contributed by atoms with Crippen molar-refractivity contribution in [1.82, 2.24) is 9.78 Å². The first-order valence-corrected chi connectivity index (χ1v) is 5.07. The Morgan fingerprint density at radius 1 is 1.21 bits per heavy atom. The van der Waals surface area contributed by atoms with Gasteiger partial charge in [0.2, 0.25) is 0 Å². The second kappa shape index (κ2) is 4.17. The van der Waals surface area contributed by atoms with Crippen molar-refractivity contribution in [3.05, 3.63) is 17.5 Å². The van der Waals surface area contributed by atoms with E-state index in [1.54, 1.807) is 0 Å². The average Bonchev–Trinajstić information content (AvgIpc) is 2.58. The molecule has 0 aliphatic heterocycles. The largest absolute Gasteiger partial charge is 0.478 e. The van der Waals surface area contributed by atoms with Crippen LogP contribution in [-0.2, 0) is 11.5 Å². The lowest BCUT2D eigenvalue weighted by Gasteiger charge is -2.27. The van der Waals surface area contributed by atoms with E-state index in [1.165, 1.54) is 20.8 Å². The van der Waals surface area contributed by atoms with Gasteiger partial charge in [-0.1, -0.05) is 0 Å². The predicted octanol–water partition coefficient (Wildman–Crippen LogP) is 2.99. The van der Waals surface area contributed by atoms with Crippen LogP contribution >= 0.6 is 0 Å². The van der Waals surface area contributed by atoms with Gasteiger partial charge in [0.1, 0.15) is 11.3 Å². The number of aromatic carboxylic acids is 1. The smallest absolute Gasteiger partial charge is 0.459 e. The summed E-state index contributed by atoms with van der Waals surface area (Å²) >= 11 is 0. The Labute approximate surface area is 104 Å². The van der Waals surface area contributed by atoms with Crippen molar-refractivity contribution < 1.29 is 31.9 Å². The number of carboxylic acids is 1. The van der Waals surface area contributed by atoms with E-state index in [2.05, 4.69) is 5.10 Å². The van der Waals surface area contributed by atoms with Gasteiger partial charge < -0.3 is 5.11 Å². The van der Waals surface area contributed by atoms with Gasteiger partial charge >= 0.3 is 18.1 Å². The number of nitrogens with zero attached hydrogens (tertiary/aromatic N) is 2. The summed E-state index contributed by atoms with van der Waals surface area (Å²) in [6.45, 7) is 4.00. The number of aromatic nitrogens is 2. The third-order valence-electron chi connectivity index (χ3n) is 2.29. The molecule has 0 aromatic carbocycles. The van der Waals surface area contributed by atoms with E-state index in [1.807, 2.05) is 0 Å². The van der Waals surface area contributed by atoms with Crippen LogP contribution in [0.1, 0.15) is 36.8 Å². The fourth-order valence-electron chi connectivity index (χ4n) is 1.45. The highest BCUT2D eigenvalue weighted by atomic mass is 19.4. The van der Waals surface area contributed by atoms with Crippen molar-refractivity contribution >= 4 is 5.97 Å². The first kappa shape index (κ1) is 15.4. The van der Waals surface area contributed by atoms with E-state index in [4.69, 9.17) is 5.11 Å². The zero-order chi connectivity index (χ0) is 15.2. The lowest BCUT2D eigenvalue weighted by Crippen LogP contribution is -2.40. The molecular weight excluding hydrogens is 275 g/mol. The maximum Gasteiger partial charge on any atom is 0.459 e. The highest BCUT2D eigenvalue weighted by molar-refractivity contribution is 5.89. The summed E-state index contributed by atoms with van der Waals surface area (Å²) in [5.74, 6) is -7.20. The van der Waals surface area contributed by atoms with Gasteiger partial charge in [0.25, 0.3) is 0 Å². The summed E-state index contributed by atoms with van der Waals surface area (Å²) in [6, 6.07) is 0. The first-order chi connectivity index (χ1) is 8.30. The Morgan fingerprint density at radius 3 is 2.00 bits per heavy atom. The van der Waals surface area contributed by atoms with Crippen LogP contribution < -0.4 is 0 Å². The molecule has 0 unspecified atom stereocenters. The van der Waals surface area contributed by atoms with Crippen molar-refractivity contribution in [2.75, 3.05) is 0 Å². The SMILES string of the molecule is CC(C)(C)n1ncc(C(=O)O)c1C(F)(F)C(F)(F)F. The quantitative estimate of drug-likeness (QED) is 0.850. The van der Waals surface area contributed by atoms with Crippen molar-refractivity contribution in [3.63, 3.8) is 0 Å².